The highest BCUT2D eigenvalue weighted by atomic mass is 33.1. The van der Waals surface area contributed by atoms with Crippen molar-refractivity contribution in [3.05, 3.63) is 23.8 Å². The smallest absolute Gasteiger partial charge is 0.163 e. The molecule has 0 saturated carbocycles. The number of ketones is 1. The molecular formula is C12H18N2O2S2. The van der Waals surface area contributed by atoms with Crippen molar-refractivity contribution in [2.75, 3.05) is 29.9 Å². The van der Waals surface area contributed by atoms with Crippen molar-refractivity contribution in [3.63, 3.8) is 0 Å². The Morgan fingerprint density at radius 3 is 2.78 bits per heavy atom. The highest BCUT2D eigenvalue weighted by molar-refractivity contribution is 8.76. The van der Waals surface area contributed by atoms with Crippen LogP contribution < -0.4 is 11.1 Å². The minimum absolute atomic E-state index is 0.0286. The fraction of sp³-hybridized carbons (Fsp3) is 0.417. The second-order valence-electron chi connectivity index (χ2n) is 3.65. The summed E-state index contributed by atoms with van der Waals surface area (Å²) in [6, 6.07) is 4.98. The van der Waals surface area contributed by atoms with E-state index in [4.69, 9.17) is 5.73 Å². The lowest BCUT2D eigenvalue weighted by molar-refractivity contribution is 0.101. The summed E-state index contributed by atoms with van der Waals surface area (Å²) in [6.45, 7) is 2.95. The maximum absolute atomic E-state index is 11.3. The van der Waals surface area contributed by atoms with Gasteiger partial charge < -0.3 is 16.2 Å². The highest BCUT2D eigenvalue weighted by Crippen LogP contribution is 2.23. The molecule has 100 valence electrons. The predicted molar refractivity (Wildman–Crippen MR) is 80.6 cm³/mol. The van der Waals surface area contributed by atoms with Crippen LogP contribution in [0.3, 0.4) is 0 Å². The van der Waals surface area contributed by atoms with Gasteiger partial charge in [0.05, 0.1) is 5.56 Å². The molecule has 0 saturated heterocycles. The van der Waals surface area contributed by atoms with Gasteiger partial charge in [-0.25, -0.2) is 0 Å². The molecule has 0 spiro atoms. The van der Waals surface area contributed by atoms with Crippen LogP contribution in [0.5, 0.6) is 5.75 Å². The van der Waals surface area contributed by atoms with E-state index < -0.39 is 0 Å². The summed E-state index contributed by atoms with van der Waals surface area (Å²) in [5.41, 5.74) is 6.59. The molecule has 0 aliphatic carbocycles. The number of rotatable bonds is 8. The van der Waals surface area contributed by atoms with E-state index in [1.165, 1.54) is 13.0 Å². The third-order valence-corrected chi connectivity index (χ3v) is 4.61. The summed E-state index contributed by atoms with van der Waals surface area (Å²) < 4.78 is 0. The zero-order valence-corrected chi connectivity index (χ0v) is 11.9. The summed E-state index contributed by atoms with van der Waals surface area (Å²) in [4.78, 5) is 11.3. The normalized spacial score (nSPS) is 10.3. The minimum Gasteiger partial charge on any atom is -0.507 e. The number of carbonyl (C=O) groups excluding carboxylic acids is 1. The van der Waals surface area contributed by atoms with Crippen molar-refractivity contribution in [1.29, 1.82) is 0 Å². The lowest BCUT2D eigenvalue weighted by atomic mass is 10.1. The largest absolute Gasteiger partial charge is 0.507 e. The SMILES string of the molecule is CC(=O)c1cc(NCCSSCCN)ccc1O. The Labute approximate surface area is 115 Å². The second kappa shape index (κ2) is 8.29. The molecule has 0 radical (unpaired) electrons. The lowest BCUT2D eigenvalue weighted by Gasteiger charge is -2.08. The average molecular weight is 286 g/mol. The minimum atomic E-state index is -0.135. The summed E-state index contributed by atoms with van der Waals surface area (Å²) in [5, 5.41) is 12.7. The quantitative estimate of drug-likeness (QED) is 0.295. The van der Waals surface area contributed by atoms with Crippen LogP contribution in [0.15, 0.2) is 18.2 Å². The number of Topliss-reactive ketones (excluding diaryl/α,β-unsaturated/α-hetero) is 1. The molecule has 6 heteroatoms. The van der Waals surface area contributed by atoms with Gasteiger partial charge >= 0.3 is 0 Å². The van der Waals surface area contributed by atoms with Gasteiger partial charge in [0.1, 0.15) is 5.75 Å². The first-order valence-corrected chi connectivity index (χ1v) is 8.16. The zero-order chi connectivity index (χ0) is 13.4. The first kappa shape index (κ1) is 15.2. The number of hydrogen-bond acceptors (Lipinski definition) is 6. The Bertz CT molecular complexity index is 400. The summed E-state index contributed by atoms with van der Waals surface area (Å²) in [5.74, 6) is 1.81. The van der Waals surface area contributed by atoms with Gasteiger partial charge in [-0.15, -0.1) is 0 Å². The zero-order valence-electron chi connectivity index (χ0n) is 10.3. The molecule has 0 aliphatic rings. The Hall–Kier alpha value is -0.850. The van der Waals surface area contributed by atoms with E-state index in [1.54, 1.807) is 33.7 Å². The first-order valence-electron chi connectivity index (χ1n) is 5.67. The van der Waals surface area contributed by atoms with Gasteiger partial charge in [0, 0.05) is 30.3 Å². The molecule has 0 aliphatic heterocycles. The van der Waals surface area contributed by atoms with Crippen LogP contribution in [0.1, 0.15) is 17.3 Å². The van der Waals surface area contributed by atoms with Crippen molar-refractivity contribution in [1.82, 2.24) is 0 Å². The fourth-order valence-electron chi connectivity index (χ4n) is 1.33. The Morgan fingerprint density at radius 2 is 2.11 bits per heavy atom. The molecule has 0 fully saturated rings. The number of hydrogen-bond donors (Lipinski definition) is 3. The number of phenolic OH excluding ortho intramolecular Hbond substituents is 1. The van der Waals surface area contributed by atoms with Crippen LogP contribution >= 0.6 is 21.6 Å². The molecule has 0 unspecified atom stereocenters. The van der Waals surface area contributed by atoms with E-state index in [9.17, 15) is 9.90 Å². The predicted octanol–water partition coefficient (Wildman–Crippen LogP) is 2.35. The van der Waals surface area contributed by atoms with E-state index in [0.717, 1.165) is 23.7 Å². The van der Waals surface area contributed by atoms with E-state index >= 15 is 0 Å². The summed E-state index contributed by atoms with van der Waals surface area (Å²) >= 11 is 0. The van der Waals surface area contributed by atoms with Crippen molar-refractivity contribution in [2.45, 2.75) is 6.92 Å². The maximum atomic E-state index is 11.3. The number of anilines is 1. The van der Waals surface area contributed by atoms with Gasteiger partial charge in [0.2, 0.25) is 0 Å². The van der Waals surface area contributed by atoms with Gasteiger partial charge in [-0.3, -0.25) is 4.79 Å². The highest BCUT2D eigenvalue weighted by Gasteiger charge is 2.06. The van der Waals surface area contributed by atoms with Gasteiger partial charge in [-0.1, -0.05) is 21.6 Å². The molecule has 0 atom stereocenters. The number of benzene rings is 1. The van der Waals surface area contributed by atoms with Gasteiger partial charge in [-0.2, -0.15) is 0 Å². The van der Waals surface area contributed by atoms with Gasteiger partial charge in [0.15, 0.2) is 5.78 Å². The Kier molecular flexibility index (Phi) is 7.00. The Morgan fingerprint density at radius 1 is 1.39 bits per heavy atom. The summed E-state index contributed by atoms with van der Waals surface area (Å²) in [7, 11) is 3.53. The van der Waals surface area contributed by atoms with Crippen molar-refractivity contribution in [2.24, 2.45) is 5.73 Å². The van der Waals surface area contributed by atoms with E-state index in [-0.39, 0.29) is 11.5 Å². The third kappa shape index (κ3) is 5.20. The van der Waals surface area contributed by atoms with Crippen LogP contribution in [0.4, 0.5) is 5.69 Å². The molecule has 0 amide bonds. The lowest BCUT2D eigenvalue weighted by Crippen LogP contribution is -2.05. The molecule has 1 rings (SSSR count). The van der Waals surface area contributed by atoms with Crippen LogP contribution in [0, 0.1) is 0 Å². The number of nitrogens with one attached hydrogen (secondary N) is 1. The van der Waals surface area contributed by atoms with Gasteiger partial charge in [-0.05, 0) is 25.1 Å². The first-order chi connectivity index (χ1) is 8.65. The molecule has 1 aromatic rings. The molecule has 4 N–H and O–H groups in total. The van der Waals surface area contributed by atoms with Crippen LogP contribution in [0.25, 0.3) is 0 Å². The second-order valence-corrected chi connectivity index (χ2v) is 6.35. The number of phenols is 1. The molecular weight excluding hydrogens is 268 g/mol. The maximum Gasteiger partial charge on any atom is 0.163 e. The van der Waals surface area contributed by atoms with E-state index in [2.05, 4.69) is 5.32 Å². The molecule has 4 nitrogen and oxygen atoms in total. The fourth-order valence-corrected chi connectivity index (χ4v) is 3.09. The number of carbonyl (C=O) groups is 1. The molecule has 0 bridgehead atoms. The van der Waals surface area contributed by atoms with Crippen LogP contribution in [-0.2, 0) is 0 Å². The molecule has 0 aromatic heterocycles. The van der Waals surface area contributed by atoms with Crippen molar-refractivity contribution >= 4 is 33.1 Å². The van der Waals surface area contributed by atoms with E-state index in [1.807, 2.05) is 0 Å². The van der Waals surface area contributed by atoms with Crippen molar-refractivity contribution < 1.29 is 9.90 Å². The summed E-state index contributed by atoms with van der Waals surface area (Å²) in [6.07, 6.45) is 0. The molecule has 18 heavy (non-hydrogen) atoms. The monoisotopic (exact) mass is 286 g/mol. The van der Waals surface area contributed by atoms with E-state index in [0.29, 0.717) is 12.1 Å². The van der Waals surface area contributed by atoms with Gasteiger partial charge in [0.25, 0.3) is 0 Å². The Balaban J connectivity index is 2.38. The van der Waals surface area contributed by atoms with Crippen molar-refractivity contribution in [3.8, 4) is 5.75 Å². The topological polar surface area (TPSA) is 75.4 Å². The number of nitrogens with two attached hydrogens (primary N) is 1. The standard InChI is InChI=1S/C12H18N2O2S2/c1-9(15)11-8-10(2-3-12(11)16)14-5-7-18-17-6-4-13/h2-3,8,14,16H,4-7,13H2,1H3. The molecule has 1 aromatic carbocycles. The number of aromatic hydroxyl groups is 1. The molecule has 0 heterocycles. The van der Waals surface area contributed by atoms with Crippen LogP contribution in [-0.4, -0.2) is 35.5 Å². The third-order valence-electron chi connectivity index (χ3n) is 2.17. The average Bonchev–Trinajstić information content (AvgIpc) is 2.35. The van der Waals surface area contributed by atoms with Crippen LogP contribution in [0.2, 0.25) is 0 Å².